The smallest absolute Gasteiger partial charge is 0.136 e. The van der Waals surface area contributed by atoms with Crippen LogP contribution in [0.4, 0.5) is 0 Å². The van der Waals surface area contributed by atoms with Crippen LogP contribution in [0.3, 0.4) is 0 Å². The first kappa shape index (κ1) is 13.6. The summed E-state index contributed by atoms with van der Waals surface area (Å²) in [7, 11) is 0. The third-order valence-corrected chi connectivity index (χ3v) is 6.56. The van der Waals surface area contributed by atoms with Gasteiger partial charge >= 0.3 is 0 Å². The maximum absolute atomic E-state index is 10.3. The number of thiophene rings is 1. The molecule has 2 atom stereocenters. The first-order valence-corrected chi connectivity index (χ1v) is 8.35. The lowest BCUT2D eigenvalue weighted by molar-refractivity contribution is 0.0673. The number of hydrogen-bond acceptors (Lipinski definition) is 3. The molecule has 2 heterocycles. The zero-order valence-electron chi connectivity index (χ0n) is 10.2. The molecule has 1 unspecified atom stereocenters. The zero-order chi connectivity index (χ0) is 13.6. The van der Waals surface area contributed by atoms with Gasteiger partial charge in [0.25, 0.3) is 0 Å². The molecule has 0 saturated heterocycles. The van der Waals surface area contributed by atoms with Crippen LogP contribution in [-0.2, 0) is 0 Å². The quantitative estimate of drug-likeness (QED) is 0.714. The Morgan fingerprint density at radius 3 is 2.79 bits per heavy atom. The topological polar surface area (TPSA) is 29.5 Å². The van der Waals surface area contributed by atoms with Gasteiger partial charge in [0.15, 0.2) is 0 Å². The summed E-state index contributed by atoms with van der Waals surface area (Å²) in [6.45, 7) is 2.02. The Hall–Kier alpha value is -0.360. The average molecular weight is 404 g/mol. The summed E-state index contributed by atoms with van der Waals surface area (Å²) in [5, 5.41) is 10.3. The van der Waals surface area contributed by atoms with Gasteiger partial charge in [-0.2, -0.15) is 0 Å². The third-order valence-electron chi connectivity index (χ3n) is 3.21. The number of rotatable bonds is 1. The second-order valence-electron chi connectivity index (χ2n) is 4.67. The summed E-state index contributed by atoms with van der Waals surface area (Å²) in [5.74, 6) is 0.787. The maximum Gasteiger partial charge on any atom is 0.136 e. The Bertz CT molecular complexity index is 604. The Morgan fingerprint density at radius 2 is 2.11 bits per heavy atom. The molecule has 0 bridgehead atoms. The summed E-state index contributed by atoms with van der Waals surface area (Å²) in [5.41, 5.74) is 2.03. The van der Waals surface area contributed by atoms with E-state index in [9.17, 15) is 5.11 Å². The van der Waals surface area contributed by atoms with Gasteiger partial charge in [-0.05, 0) is 57.0 Å². The molecule has 5 heteroatoms. The number of aliphatic hydroxyl groups excluding tert-OH is 1. The van der Waals surface area contributed by atoms with Crippen LogP contribution >= 0.6 is 43.2 Å². The summed E-state index contributed by atoms with van der Waals surface area (Å²) in [6.07, 6.45) is 0.0432. The molecule has 0 spiro atoms. The van der Waals surface area contributed by atoms with E-state index in [0.29, 0.717) is 6.42 Å². The summed E-state index contributed by atoms with van der Waals surface area (Å²) in [6, 6.07) is 7.99. The Labute approximate surface area is 132 Å². The summed E-state index contributed by atoms with van der Waals surface area (Å²) in [4.78, 5) is 1.11. The molecule has 0 saturated carbocycles. The largest absolute Gasteiger partial charge is 0.484 e. The first-order chi connectivity index (χ1) is 9.04. The van der Waals surface area contributed by atoms with Gasteiger partial charge in [0.2, 0.25) is 0 Å². The minimum atomic E-state index is -0.465. The minimum Gasteiger partial charge on any atom is -0.484 e. The molecule has 0 aliphatic carbocycles. The molecule has 1 aromatic heterocycles. The van der Waals surface area contributed by atoms with Crippen LogP contribution in [0, 0.1) is 6.92 Å². The molecule has 100 valence electrons. The monoisotopic (exact) mass is 402 g/mol. The van der Waals surface area contributed by atoms with Gasteiger partial charge in [-0.15, -0.1) is 11.3 Å². The van der Waals surface area contributed by atoms with Crippen LogP contribution in [0.15, 0.2) is 32.5 Å². The highest BCUT2D eigenvalue weighted by molar-refractivity contribution is 9.13. The second-order valence-corrected chi connectivity index (χ2v) is 7.93. The lowest BCUT2D eigenvalue weighted by atomic mass is 9.97. The van der Waals surface area contributed by atoms with E-state index in [2.05, 4.69) is 31.9 Å². The van der Waals surface area contributed by atoms with E-state index in [1.807, 2.05) is 31.2 Å². The highest BCUT2D eigenvalue weighted by atomic mass is 79.9. The second kappa shape index (κ2) is 5.20. The van der Waals surface area contributed by atoms with Crippen molar-refractivity contribution in [1.82, 2.24) is 0 Å². The van der Waals surface area contributed by atoms with E-state index in [0.717, 1.165) is 30.0 Å². The molecule has 0 fully saturated rings. The maximum atomic E-state index is 10.3. The number of ether oxygens (including phenoxy) is 1. The molecule has 2 nitrogen and oxygen atoms in total. The fourth-order valence-corrected chi connectivity index (χ4v) is 4.40. The van der Waals surface area contributed by atoms with E-state index < -0.39 is 6.10 Å². The highest BCUT2D eigenvalue weighted by Crippen LogP contribution is 2.45. The molecule has 3 rings (SSSR count). The Balaban J connectivity index is 1.94. The van der Waals surface area contributed by atoms with E-state index in [1.54, 1.807) is 11.3 Å². The van der Waals surface area contributed by atoms with Crippen molar-refractivity contribution in [3.05, 3.63) is 48.5 Å². The standard InChI is InChI=1S/C14H12Br2O2S/c1-7-2-3-11-8(4-7)10(17)6-12(18-11)13-5-9(15)14(16)19-13/h2-5,10,12,17H,6H2,1H3/t10-,12?/m0/s1. The van der Waals surface area contributed by atoms with Crippen LogP contribution in [0.1, 0.15) is 34.6 Å². The van der Waals surface area contributed by atoms with Gasteiger partial charge in [-0.3, -0.25) is 0 Å². The SMILES string of the molecule is Cc1ccc2c(c1)[C@@H](O)CC(c1cc(Br)c(Br)s1)O2. The summed E-state index contributed by atoms with van der Waals surface area (Å²) < 4.78 is 8.10. The predicted molar refractivity (Wildman–Crippen MR) is 83.8 cm³/mol. The molecular weight excluding hydrogens is 392 g/mol. The van der Waals surface area contributed by atoms with Crippen molar-refractivity contribution < 1.29 is 9.84 Å². The van der Waals surface area contributed by atoms with Crippen LogP contribution in [0.25, 0.3) is 0 Å². The number of aryl methyl sites for hydroxylation is 1. The molecule has 0 amide bonds. The molecule has 19 heavy (non-hydrogen) atoms. The van der Waals surface area contributed by atoms with Crippen LogP contribution in [0.5, 0.6) is 5.75 Å². The van der Waals surface area contributed by atoms with E-state index in [-0.39, 0.29) is 6.10 Å². The van der Waals surface area contributed by atoms with Crippen LogP contribution in [0.2, 0.25) is 0 Å². The number of fused-ring (bicyclic) bond motifs is 1. The number of benzene rings is 1. The number of aliphatic hydroxyl groups is 1. The van der Waals surface area contributed by atoms with E-state index >= 15 is 0 Å². The predicted octanol–water partition coefficient (Wildman–Crippen LogP) is 5.14. The Morgan fingerprint density at radius 1 is 1.32 bits per heavy atom. The molecular formula is C14H12Br2O2S. The van der Waals surface area contributed by atoms with E-state index in [1.165, 1.54) is 0 Å². The van der Waals surface area contributed by atoms with Gasteiger partial charge in [0.05, 0.1) is 9.89 Å². The van der Waals surface area contributed by atoms with Crippen molar-refractivity contribution in [1.29, 1.82) is 0 Å². The molecule has 0 radical (unpaired) electrons. The van der Waals surface area contributed by atoms with Crippen molar-refractivity contribution in [2.45, 2.75) is 25.6 Å². The van der Waals surface area contributed by atoms with Crippen molar-refractivity contribution in [2.24, 2.45) is 0 Å². The third kappa shape index (κ3) is 2.61. The molecule has 1 aromatic carbocycles. The lowest BCUT2D eigenvalue weighted by Gasteiger charge is -2.29. The Kier molecular flexibility index (Phi) is 3.73. The molecule has 1 aliphatic heterocycles. The van der Waals surface area contributed by atoms with E-state index in [4.69, 9.17) is 4.74 Å². The van der Waals surface area contributed by atoms with Gasteiger partial charge in [-0.1, -0.05) is 11.6 Å². The van der Waals surface area contributed by atoms with Gasteiger partial charge in [0.1, 0.15) is 11.9 Å². The molecule has 1 N–H and O–H groups in total. The first-order valence-electron chi connectivity index (χ1n) is 5.94. The fourth-order valence-electron chi connectivity index (χ4n) is 2.26. The van der Waals surface area contributed by atoms with Crippen molar-refractivity contribution >= 4 is 43.2 Å². The molecule has 2 aromatic rings. The average Bonchev–Trinajstić information content (AvgIpc) is 2.70. The van der Waals surface area contributed by atoms with Crippen LogP contribution in [-0.4, -0.2) is 5.11 Å². The van der Waals surface area contributed by atoms with Gasteiger partial charge < -0.3 is 9.84 Å². The molecule has 1 aliphatic rings. The van der Waals surface area contributed by atoms with Gasteiger partial charge in [0, 0.05) is 21.3 Å². The van der Waals surface area contributed by atoms with Gasteiger partial charge in [-0.25, -0.2) is 0 Å². The zero-order valence-corrected chi connectivity index (χ0v) is 14.2. The number of halogens is 2. The lowest BCUT2D eigenvalue weighted by Crippen LogP contribution is -2.18. The fraction of sp³-hybridized carbons (Fsp3) is 0.286. The van der Waals surface area contributed by atoms with Crippen LogP contribution < -0.4 is 4.74 Å². The summed E-state index contributed by atoms with van der Waals surface area (Å²) >= 11 is 8.61. The minimum absolute atomic E-state index is 0.0854. The normalized spacial score (nSPS) is 21.9. The van der Waals surface area contributed by atoms with Crippen molar-refractivity contribution in [3.8, 4) is 5.75 Å². The van der Waals surface area contributed by atoms with Crippen molar-refractivity contribution in [3.63, 3.8) is 0 Å². The highest BCUT2D eigenvalue weighted by Gasteiger charge is 2.29. The van der Waals surface area contributed by atoms with Crippen molar-refractivity contribution in [2.75, 3.05) is 0 Å². The number of hydrogen-bond donors (Lipinski definition) is 1.